The molecule has 4 rings (SSSR count). The van der Waals surface area contributed by atoms with Gasteiger partial charge in [-0.25, -0.2) is 4.98 Å². The molecule has 0 aliphatic heterocycles. The van der Waals surface area contributed by atoms with Crippen LogP contribution in [0.3, 0.4) is 0 Å². The predicted molar refractivity (Wildman–Crippen MR) is 100 cm³/mol. The Morgan fingerprint density at radius 3 is 2.75 bits per heavy atom. The fraction of sp³-hybridized carbons (Fsp3) is 0.632. The lowest BCUT2D eigenvalue weighted by Crippen LogP contribution is -2.47. The summed E-state index contributed by atoms with van der Waals surface area (Å²) in [5, 5.41) is 0.535. The van der Waals surface area contributed by atoms with E-state index in [1.54, 1.807) is 6.92 Å². The van der Waals surface area contributed by atoms with Gasteiger partial charge in [0.2, 0.25) is 5.91 Å². The average Bonchev–Trinajstić information content (AvgIpc) is 3.41. The summed E-state index contributed by atoms with van der Waals surface area (Å²) in [6.07, 6.45) is 2.30. The fourth-order valence-electron chi connectivity index (χ4n) is 4.02. The van der Waals surface area contributed by atoms with Crippen LogP contribution in [0.4, 0.5) is 13.2 Å². The number of amides is 1. The van der Waals surface area contributed by atoms with Crippen molar-refractivity contribution >= 4 is 27.5 Å². The molecule has 2 aromatic heterocycles. The number of rotatable bonds is 5. The van der Waals surface area contributed by atoms with Crippen LogP contribution in [0.1, 0.15) is 43.0 Å². The molecule has 2 aliphatic rings. The number of fused-ring (bicyclic) bond motifs is 3. The lowest BCUT2D eigenvalue weighted by Gasteiger charge is -2.30. The van der Waals surface area contributed by atoms with E-state index in [1.165, 1.54) is 17.7 Å². The second-order valence-corrected chi connectivity index (χ2v) is 8.87. The molecule has 1 saturated carbocycles. The zero-order chi connectivity index (χ0) is 20.1. The van der Waals surface area contributed by atoms with E-state index in [1.807, 2.05) is 0 Å². The van der Waals surface area contributed by atoms with Crippen LogP contribution in [-0.2, 0) is 24.2 Å². The first-order valence-corrected chi connectivity index (χ1v) is 10.4. The molecule has 28 heavy (non-hydrogen) atoms. The molecule has 2 heterocycles. The lowest BCUT2D eigenvalue weighted by atomic mass is 9.97. The first-order chi connectivity index (χ1) is 13.2. The van der Waals surface area contributed by atoms with Crippen LogP contribution in [0.15, 0.2) is 11.1 Å². The van der Waals surface area contributed by atoms with Gasteiger partial charge in [-0.15, -0.1) is 11.3 Å². The highest BCUT2D eigenvalue weighted by molar-refractivity contribution is 7.18. The monoisotopic (exact) mass is 413 g/mol. The summed E-state index contributed by atoms with van der Waals surface area (Å²) in [5.41, 5.74) is 0.674. The molecule has 1 fully saturated rings. The summed E-state index contributed by atoms with van der Waals surface area (Å²) in [4.78, 5) is 32.7. The number of hydrogen-bond donors (Lipinski definition) is 0. The van der Waals surface area contributed by atoms with Crippen molar-refractivity contribution in [2.75, 3.05) is 6.54 Å². The smallest absolute Gasteiger partial charge is 0.329 e. The van der Waals surface area contributed by atoms with Crippen molar-refractivity contribution < 1.29 is 18.0 Å². The highest BCUT2D eigenvalue weighted by Crippen LogP contribution is 2.36. The number of alkyl halides is 3. The number of carbonyl (C=O) groups excluding carboxylic acids is 1. The van der Waals surface area contributed by atoms with Crippen LogP contribution in [0.25, 0.3) is 10.2 Å². The van der Waals surface area contributed by atoms with Crippen molar-refractivity contribution in [3.63, 3.8) is 0 Å². The first-order valence-electron chi connectivity index (χ1n) is 9.60. The van der Waals surface area contributed by atoms with E-state index in [0.717, 1.165) is 58.4 Å². The Bertz CT molecular complexity index is 962. The molecular weight excluding hydrogens is 391 g/mol. The molecule has 9 heteroatoms. The maximum atomic E-state index is 13.0. The molecule has 2 aromatic rings. The van der Waals surface area contributed by atoms with Gasteiger partial charge in [0.1, 0.15) is 17.9 Å². The Morgan fingerprint density at radius 2 is 2.07 bits per heavy atom. The van der Waals surface area contributed by atoms with Crippen LogP contribution in [0.2, 0.25) is 0 Å². The van der Waals surface area contributed by atoms with Crippen molar-refractivity contribution in [2.24, 2.45) is 5.92 Å². The van der Waals surface area contributed by atoms with Gasteiger partial charge in [-0.3, -0.25) is 14.2 Å². The largest absolute Gasteiger partial charge is 0.406 e. The SMILES string of the molecule is C[C@@H](C1CC1)N(CC(F)(F)F)C(=O)Cn1cnc2sc3c(c2c1=O)CCCC3. The molecule has 0 radical (unpaired) electrons. The summed E-state index contributed by atoms with van der Waals surface area (Å²) in [6.45, 7) is -0.0535. The fourth-order valence-corrected chi connectivity index (χ4v) is 5.24. The number of carbonyl (C=O) groups is 1. The molecule has 0 spiro atoms. The highest BCUT2D eigenvalue weighted by Gasteiger charge is 2.40. The number of nitrogens with zero attached hydrogens (tertiary/aromatic N) is 3. The van der Waals surface area contributed by atoms with E-state index >= 15 is 0 Å². The van der Waals surface area contributed by atoms with Gasteiger partial charge in [-0.2, -0.15) is 13.2 Å². The number of aromatic nitrogens is 2. The van der Waals surface area contributed by atoms with Crippen molar-refractivity contribution in [3.05, 3.63) is 27.1 Å². The van der Waals surface area contributed by atoms with E-state index in [4.69, 9.17) is 0 Å². The number of halogens is 3. The molecule has 0 bridgehead atoms. The summed E-state index contributed by atoms with van der Waals surface area (Å²) >= 11 is 1.50. The minimum atomic E-state index is -4.47. The molecule has 152 valence electrons. The Kier molecular flexibility index (Phi) is 4.97. The van der Waals surface area contributed by atoms with Gasteiger partial charge >= 0.3 is 6.18 Å². The highest BCUT2D eigenvalue weighted by atomic mass is 32.1. The summed E-state index contributed by atoms with van der Waals surface area (Å²) in [6, 6.07) is -0.490. The standard InChI is InChI=1S/C19H22F3N3O2S/c1-11(12-6-7-12)25(9-19(20,21)22)15(26)8-24-10-23-17-16(18(24)27)13-4-2-3-5-14(13)28-17/h10-12H,2-9H2,1H3/t11-/m0/s1. The van der Waals surface area contributed by atoms with E-state index < -0.39 is 31.2 Å². The van der Waals surface area contributed by atoms with Crippen LogP contribution in [0.5, 0.6) is 0 Å². The first kappa shape index (κ1) is 19.4. The number of thiophene rings is 1. The third-order valence-corrected chi connectivity index (χ3v) is 6.91. The van der Waals surface area contributed by atoms with Crippen molar-refractivity contribution in [2.45, 2.75) is 64.2 Å². The van der Waals surface area contributed by atoms with E-state index in [2.05, 4.69) is 4.98 Å². The number of aryl methyl sites for hydroxylation is 2. The van der Waals surface area contributed by atoms with Gasteiger partial charge in [-0.1, -0.05) is 0 Å². The minimum absolute atomic E-state index is 0.104. The third kappa shape index (κ3) is 3.81. The van der Waals surface area contributed by atoms with Crippen LogP contribution in [-0.4, -0.2) is 39.1 Å². The van der Waals surface area contributed by atoms with Gasteiger partial charge in [0, 0.05) is 10.9 Å². The molecule has 1 amide bonds. The Labute approximate surface area is 164 Å². The van der Waals surface area contributed by atoms with E-state index in [9.17, 15) is 22.8 Å². The summed E-state index contributed by atoms with van der Waals surface area (Å²) in [7, 11) is 0. The summed E-state index contributed by atoms with van der Waals surface area (Å²) < 4.78 is 40.2. The topological polar surface area (TPSA) is 55.2 Å². The van der Waals surface area contributed by atoms with Crippen molar-refractivity contribution in [1.82, 2.24) is 14.5 Å². The van der Waals surface area contributed by atoms with Crippen molar-refractivity contribution in [3.8, 4) is 0 Å². The van der Waals surface area contributed by atoms with Crippen LogP contribution >= 0.6 is 11.3 Å². The van der Waals surface area contributed by atoms with Crippen molar-refractivity contribution in [1.29, 1.82) is 0 Å². The second-order valence-electron chi connectivity index (χ2n) is 7.78. The molecule has 5 nitrogen and oxygen atoms in total. The van der Waals surface area contributed by atoms with Gasteiger partial charge in [-0.05, 0) is 56.9 Å². The molecule has 0 aromatic carbocycles. The van der Waals surface area contributed by atoms with Crippen LogP contribution < -0.4 is 5.56 Å². The van der Waals surface area contributed by atoms with Crippen LogP contribution in [0, 0.1) is 5.92 Å². The van der Waals surface area contributed by atoms with Gasteiger partial charge < -0.3 is 4.90 Å². The number of hydrogen-bond acceptors (Lipinski definition) is 4. The average molecular weight is 413 g/mol. The quantitative estimate of drug-likeness (QED) is 0.754. The molecule has 0 saturated heterocycles. The zero-order valence-corrected chi connectivity index (χ0v) is 16.4. The molecule has 0 N–H and O–H groups in total. The Morgan fingerprint density at radius 1 is 1.36 bits per heavy atom. The van der Waals surface area contributed by atoms with Gasteiger partial charge in [0.15, 0.2) is 0 Å². The van der Waals surface area contributed by atoms with Gasteiger partial charge in [0.05, 0.1) is 11.7 Å². The predicted octanol–water partition coefficient (Wildman–Crippen LogP) is 3.53. The molecule has 2 aliphatic carbocycles. The maximum absolute atomic E-state index is 13.0. The summed E-state index contributed by atoms with van der Waals surface area (Å²) in [5.74, 6) is -0.586. The maximum Gasteiger partial charge on any atom is 0.406 e. The second kappa shape index (κ2) is 7.17. The van der Waals surface area contributed by atoms with E-state index in [-0.39, 0.29) is 11.5 Å². The lowest BCUT2D eigenvalue weighted by molar-refractivity contribution is -0.166. The Balaban J connectivity index is 1.63. The molecule has 0 unspecified atom stereocenters. The zero-order valence-electron chi connectivity index (χ0n) is 15.6. The third-order valence-electron chi connectivity index (χ3n) is 5.71. The van der Waals surface area contributed by atoms with Gasteiger partial charge in [0.25, 0.3) is 5.56 Å². The normalized spacial score (nSPS) is 18.1. The minimum Gasteiger partial charge on any atom is -0.329 e. The molecular formula is C19H22F3N3O2S. The Hall–Kier alpha value is -1.90. The van der Waals surface area contributed by atoms with E-state index in [0.29, 0.717) is 10.2 Å². The molecule has 1 atom stereocenters.